The molecule has 0 amide bonds. The number of aromatic carboxylic acids is 1. The lowest BCUT2D eigenvalue weighted by atomic mass is 10.0. The smallest absolute Gasteiger partial charge is 0.335 e. The Hall–Kier alpha value is -2.84. The van der Waals surface area contributed by atoms with Crippen molar-refractivity contribution in [2.24, 2.45) is 0 Å². The van der Waals surface area contributed by atoms with Gasteiger partial charge in [-0.25, -0.2) is 13.6 Å². The van der Waals surface area contributed by atoms with E-state index in [-0.39, 0.29) is 35.7 Å². The van der Waals surface area contributed by atoms with Crippen LogP contribution in [0.3, 0.4) is 0 Å². The van der Waals surface area contributed by atoms with E-state index in [1.54, 1.807) is 0 Å². The Labute approximate surface area is 186 Å². The molecule has 2 aromatic carbocycles. The molecule has 2 rings (SSSR count). The van der Waals surface area contributed by atoms with Gasteiger partial charge in [-0.3, -0.25) is 4.79 Å². The van der Waals surface area contributed by atoms with Crippen LogP contribution in [-0.4, -0.2) is 47.9 Å². The summed E-state index contributed by atoms with van der Waals surface area (Å²) in [6.07, 6.45) is 0. The molecule has 8 heteroatoms. The van der Waals surface area contributed by atoms with Gasteiger partial charge >= 0.3 is 5.97 Å². The van der Waals surface area contributed by atoms with E-state index in [4.69, 9.17) is 19.3 Å². The molecular weight excluding hydrogens is 422 g/mol. The number of carboxylic acids is 1. The maximum atomic E-state index is 14.5. The monoisotopic (exact) mass is 450 g/mol. The number of ketones is 1. The molecule has 0 saturated heterocycles. The van der Waals surface area contributed by atoms with Crippen molar-refractivity contribution < 1.29 is 37.7 Å². The van der Waals surface area contributed by atoms with E-state index in [9.17, 15) is 18.4 Å². The summed E-state index contributed by atoms with van der Waals surface area (Å²) in [5.41, 5.74) is -1.52. The third kappa shape index (κ3) is 7.10. The number of halogens is 2. The van der Waals surface area contributed by atoms with Crippen LogP contribution in [-0.2, 0) is 9.47 Å². The predicted molar refractivity (Wildman–Crippen MR) is 114 cm³/mol. The van der Waals surface area contributed by atoms with Crippen molar-refractivity contribution in [3.63, 3.8) is 0 Å². The molecule has 6 nitrogen and oxygen atoms in total. The number of hydrogen-bond donors (Lipinski definition) is 1. The average Bonchev–Trinajstić information content (AvgIpc) is 2.71. The topological polar surface area (TPSA) is 82.1 Å². The van der Waals surface area contributed by atoms with Crippen LogP contribution in [0.25, 0.3) is 0 Å². The molecule has 0 radical (unpaired) electrons. The SMILES string of the molecule is CC(C)(C)OCC(C)(C)OCCOc1ccc(F)c(F)c1C(=O)c1ccc(C(=O)O)cc1. The lowest BCUT2D eigenvalue weighted by Gasteiger charge is -2.30. The second-order valence-electron chi connectivity index (χ2n) is 8.80. The lowest BCUT2D eigenvalue weighted by molar-refractivity contribution is -0.118. The van der Waals surface area contributed by atoms with Gasteiger partial charge in [0.25, 0.3) is 0 Å². The van der Waals surface area contributed by atoms with Gasteiger partial charge < -0.3 is 19.3 Å². The number of benzene rings is 2. The second-order valence-corrected chi connectivity index (χ2v) is 8.80. The molecule has 0 heterocycles. The molecule has 0 aliphatic rings. The fraction of sp³-hybridized carbons (Fsp3) is 0.417. The van der Waals surface area contributed by atoms with Crippen molar-refractivity contribution >= 4 is 11.8 Å². The molecule has 0 fully saturated rings. The number of ether oxygens (including phenoxy) is 3. The minimum atomic E-state index is -1.34. The summed E-state index contributed by atoms with van der Waals surface area (Å²) in [7, 11) is 0. The summed E-state index contributed by atoms with van der Waals surface area (Å²) in [5.74, 6) is -4.66. The molecule has 0 aliphatic carbocycles. The third-order valence-electron chi connectivity index (χ3n) is 4.36. The average molecular weight is 450 g/mol. The first-order chi connectivity index (χ1) is 14.8. The van der Waals surface area contributed by atoms with E-state index in [2.05, 4.69) is 0 Å². The van der Waals surface area contributed by atoms with Crippen LogP contribution in [0.1, 0.15) is 60.9 Å². The summed E-state index contributed by atoms with van der Waals surface area (Å²) in [6.45, 7) is 9.97. The zero-order valence-corrected chi connectivity index (χ0v) is 18.8. The summed E-state index contributed by atoms with van der Waals surface area (Å²) >= 11 is 0. The van der Waals surface area contributed by atoms with Crippen molar-refractivity contribution in [1.82, 2.24) is 0 Å². The molecule has 0 aromatic heterocycles. The van der Waals surface area contributed by atoms with Crippen LogP contribution in [0.15, 0.2) is 36.4 Å². The molecule has 1 N–H and O–H groups in total. The molecule has 0 bridgehead atoms. The zero-order chi connectivity index (χ0) is 24.1. The van der Waals surface area contributed by atoms with E-state index < -0.39 is 34.6 Å². The Morgan fingerprint density at radius 1 is 0.875 bits per heavy atom. The van der Waals surface area contributed by atoms with Crippen LogP contribution in [0, 0.1) is 11.6 Å². The number of rotatable bonds is 10. The summed E-state index contributed by atoms with van der Waals surface area (Å²) in [4.78, 5) is 23.8. The highest BCUT2D eigenvalue weighted by atomic mass is 19.2. The van der Waals surface area contributed by atoms with Gasteiger partial charge in [0.1, 0.15) is 17.9 Å². The first-order valence-corrected chi connectivity index (χ1v) is 10.1. The Morgan fingerprint density at radius 2 is 1.47 bits per heavy atom. The molecule has 0 unspecified atom stereocenters. The second kappa shape index (κ2) is 10.2. The number of carboxylic acid groups (broad SMARTS) is 1. The van der Waals surface area contributed by atoms with E-state index in [1.165, 1.54) is 30.3 Å². The maximum absolute atomic E-state index is 14.5. The zero-order valence-electron chi connectivity index (χ0n) is 18.8. The number of carbonyl (C=O) groups is 2. The Balaban J connectivity index is 2.11. The van der Waals surface area contributed by atoms with Crippen molar-refractivity contribution in [1.29, 1.82) is 0 Å². The molecule has 0 aliphatic heterocycles. The van der Waals surface area contributed by atoms with Crippen LogP contribution < -0.4 is 4.74 Å². The first kappa shape index (κ1) is 25.4. The molecule has 174 valence electrons. The van der Waals surface area contributed by atoms with Gasteiger partial charge in [-0.2, -0.15) is 0 Å². The van der Waals surface area contributed by atoms with E-state index in [0.29, 0.717) is 6.61 Å². The lowest BCUT2D eigenvalue weighted by Crippen LogP contribution is -2.36. The highest BCUT2D eigenvalue weighted by molar-refractivity contribution is 6.11. The van der Waals surface area contributed by atoms with Gasteiger partial charge in [0.15, 0.2) is 17.4 Å². The molecule has 0 atom stereocenters. The molecular formula is C24H28F2O6. The highest BCUT2D eigenvalue weighted by Crippen LogP contribution is 2.27. The largest absolute Gasteiger partial charge is 0.490 e. The molecule has 0 spiro atoms. The van der Waals surface area contributed by atoms with Gasteiger partial charge in [-0.05, 0) is 58.9 Å². The summed E-state index contributed by atoms with van der Waals surface area (Å²) in [6, 6.07) is 6.94. The predicted octanol–water partition coefficient (Wildman–Crippen LogP) is 4.88. The van der Waals surface area contributed by atoms with Crippen molar-refractivity contribution in [2.45, 2.75) is 45.8 Å². The fourth-order valence-electron chi connectivity index (χ4n) is 2.67. The van der Waals surface area contributed by atoms with Crippen LogP contribution in [0.4, 0.5) is 8.78 Å². The van der Waals surface area contributed by atoms with Gasteiger partial charge in [0.05, 0.1) is 30.0 Å². The van der Waals surface area contributed by atoms with E-state index >= 15 is 0 Å². The minimum Gasteiger partial charge on any atom is -0.490 e. The van der Waals surface area contributed by atoms with Gasteiger partial charge in [0.2, 0.25) is 0 Å². The van der Waals surface area contributed by atoms with Gasteiger partial charge in [-0.15, -0.1) is 0 Å². The van der Waals surface area contributed by atoms with Crippen molar-refractivity contribution in [2.75, 3.05) is 19.8 Å². The van der Waals surface area contributed by atoms with Crippen LogP contribution >= 0.6 is 0 Å². The molecule has 32 heavy (non-hydrogen) atoms. The standard InChI is InChI=1S/C24H28F2O6/c1-23(2,3)32-14-24(4,5)31-13-12-30-18-11-10-17(25)20(26)19(18)21(27)15-6-8-16(9-7-15)22(28)29/h6-11H,12-14H2,1-5H3,(H,28,29). The normalized spacial score (nSPS) is 12.0. The number of carbonyl (C=O) groups excluding carboxylic acids is 1. The van der Waals surface area contributed by atoms with Gasteiger partial charge in [-0.1, -0.05) is 12.1 Å². The van der Waals surface area contributed by atoms with Gasteiger partial charge in [0, 0.05) is 5.56 Å². The quantitative estimate of drug-likeness (QED) is 0.410. The number of hydrogen-bond acceptors (Lipinski definition) is 5. The van der Waals surface area contributed by atoms with E-state index in [1.807, 2.05) is 34.6 Å². The Kier molecular flexibility index (Phi) is 8.09. The van der Waals surface area contributed by atoms with Crippen LogP contribution in [0.2, 0.25) is 0 Å². The first-order valence-electron chi connectivity index (χ1n) is 10.1. The van der Waals surface area contributed by atoms with E-state index in [0.717, 1.165) is 6.07 Å². The Bertz CT molecular complexity index is 962. The van der Waals surface area contributed by atoms with Crippen molar-refractivity contribution in [3.05, 3.63) is 64.7 Å². The highest BCUT2D eigenvalue weighted by Gasteiger charge is 2.25. The maximum Gasteiger partial charge on any atom is 0.335 e. The molecule has 0 saturated carbocycles. The fourth-order valence-corrected chi connectivity index (χ4v) is 2.67. The Morgan fingerprint density at radius 3 is 2.03 bits per heavy atom. The summed E-state index contributed by atoms with van der Waals surface area (Å²) < 4.78 is 45.3. The molecule has 2 aromatic rings. The van der Waals surface area contributed by atoms with Crippen molar-refractivity contribution in [3.8, 4) is 5.75 Å². The third-order valence-corrected chi connectivity index (χ3v) is 4.36. The van der Waals surface area contributed by atoms with Crippen LogP contribution in [0.5, 0.6) is 5.75 Å². The summed E-state index contributed by atoms with van der Waals surface area (Å²) in [5, 5.41) is 8.97. The minimum absolute atomic E-state index is 0.000984.